The minimum atomic E-state index is -0.306. The predicted molar refractivity (Wildman–Crippen MR) is 69.5 cm³/mol. The van der Waals surface area contributed by atoms with E-state index in [4.69, 9.17) is 0 Å². The molecule has 82 valence electrons. The zero-order chi connectivity index (χ0) is 11.3. The van der Waals surface area contributed by atoms with Crippen molar-refractivity contribution in [2.24, 2.45) is 5.92 Å². The Hall–Kier alpha value is -0.860. The van der Waals surface area contributed by atoms with Gasteiger partial charge in [0.05, 0.1) is 6.10 Å². The summed E-state index contributed by atoms with van der Waals surface area (Å²) in [4.78, 5) is 0. The molecule has 2 aromatic rings. The maximum atomic E-state index is 10.2. The Balaban J connectivity index is 2.33. The lowest BCUT2D eigenvalue weighted by Gasteiger charge is -2.11. The van der Waals surface area contributed by atoms with Crippen molar-refractivity contribution in [3.05, 3.63) is 45.9 Å². The van der Waals surface area contributed by atoms with Gasteiger partial charge in [-0.1, -0.05) is 41.1 Å². The maximum absolute atomic E-state index is 10.2. The second-order valence-corrected chi connectivity index (χ2v) is 5.55. The molecule has 0 bridgehead atoms. The zero-order valence-electron chi connectivity index (χ0n) is 9.07. The van der Waals surface area contributed by atoms with Crippen LogP contribution in [0.3, 0.4) is 0 Å². The summed E-state index contributed by atoms with van der Waals surface area (Å²) in [7, 11) is 0. The number of rotatable bonds is 0. The Morgan fingerprint density at radius 1 is 1.25 bits per heavy atom. The largest absolute Gasteiger partial charge is 0.388 e. The molecule has 3 rings (SSSR count). The molecule has 2 aromatic carbocycles. The molecule has 2 heteroatoms. The second kappa shape index (κ2) is 3.57. The van der Waals surface area contributed by atoms with Crippen LogP contribution in [-0.2, 0) is 6.42 Å². The van der Waals surface area contributed by atoms with E-state index < -0.39 is 0 Å². The number of benzene rings is 2. The van der Waals surface area contributed by atoms with Gasteiger partial charge < -0.3 is 5.11 Å². The van der Waals surface area contributed by atoms with Gasteiger partial charge in [-0.05, 0) is 46.4 Å². The first-order chi connectivity index (χ1) is 7.66. The molecule has 0 aromatic heterocycles. The van der Waals surface area contributed by atoms with E-state index in [2.05, 4.69) is 47.1 Å². The molecule has 0 radical (unpaired) electrons. The molecule has 16 heavy (non-hydrogen) atoms. The Labute approximate surface area is 103 Å². The molecule has 0 fully saturated rings. The molecule has 1 aliphatic carbocycles. The van der Waals surface area contributed by atoms with Crippen molar-refractivity contribution < 1.29 is 5.11 Å². The zero-order valence-corrected chi connectivity index (χ0v) is 10.7. The number of hydrogen-bond donors (Lipinski definition) is 1. The lowest BCUT2D eigenvalue weighted by molar-refractivity contribution is 0.134. The first-order valence-electron chi connectivity index (χ1n) is 5.56. The van der Waals surface area contributed by atoms with Gasteiger partial charge in [0.15, 0.2) is 0 Å². The molecule has 0 saturated heterocycles. The van der Waals surface area contributed by atoms with Crippen molar-refractivity contribution in [3.8, 4) is 0 Å². The molecular formula is C14H13BrO. The van der Waals surface area contributed by atoms with Crippen LogP contribution in [0.25, 0.3) is 10.8 Å². The van der Waals surface area contributed by atoms with Crippen molar-refractivity contribution in [2.45, 2.75) is 19.4 Å². The van der Waals surface area contributed by atoms with E-state index in [9.17, 15) is 5.11 Å². The Morgan fingerprint density at radius 3 is 2.88 bits per heavy atom. The fourth-order valence-corrected chi connectivity index (χ4v) is 3.02. The fourth-order valence-electron chi connectivity index (χ4n) is 2.64. The predicted octanol–water partition coefficient (Wildman–Crippen LogP) is 3.83. The van der Waals surface area contributed by atoms with Gasteiger partial charge in [0, 0.05) is 4.47 Å². The van der Waals surface area contributed by atoms with E-state index in [1.54, 1.807) is 0 Å². The molecule has 0 unspecified atom stereocenters. The van der Waals surface area contributed by atoms with Crippen LogP contribution in [0.5, 0.6) is 0 Å². The monoisotopic (exact) mass is 276 g/mol. The SMILES string of the molecule is C[C@H]1Cc2ccc3cc(Br)ccc3c2[C@H]1O. The van der Waals surface area contributed by atoms with E-state index in [1.165, 1.54) is 16.3 Å². The van der Waals surface area contributed by atoms with Gasteiger partial charge in [0.25, 0.3) is 0 Å². The van der Waals surface area contributed by atoms with Crippen molar-refractivity contribution >= 4 is 26.7 Å². The smallest absolute Gasteiger partial charge is 0.0827 e. The summed E-state index contributed by atoms with van der Waals surface area (Å²) in [5.41, 5.74) is 2.44. The highest BCUT2D eigenvalue weighted by atomic mass is 79.9. The number of halogens is 1. The quantitative estimate of drug-likeness (QED) is 0.776. The van der Waals surface area contributed by atoms with Crippen LogP contribution in [-0.4, -0.2) is 5.11 Å². The summed E-state index contributed by atoms with van der Waals surface area (Å²) >= 11 is 3.48. The molecule has 1 nitrogen and oxygen atoms in total. The third-order valence-electron chi connectivity index (χ3n) is 3.49. The number of hydrogen-bond acceptors (Lipinski definition) is 1. The van der Waals surface area contributed by atoms with E-state index in [0.717, 1.165) is 16.5 Å². The molecule has 0 saturated carbocycles. The number of fused-ring (bicyclic) bond motifs is 3. The van der Waals surface area contributed by atoms with E-state index in [1.807, 2.05) is 6.07 Å². The molecule has 1 aliphatic rings. The van der Waals surface area contributed by atoms with Gasteiger partial charge in [-0.15, -0.1) is 0 Å². The molecule has 0 heterocycles. The van der Waals surface area contributed by atoms with Gasteiger partial charge in [0.2, 0.25) is 0 Å². The van der Waals surface area contributed by atoms with E-state index >= 15 is 0 Å². The highest BCUT2D eigenvalue weighted by molar-refractivity contribution is 9.10. The molecule has 0 spiro atoms. The van der Waals surface area contributed by atoms with Crippen molar-refractivity contribution in [3.63, 3.8) is 0 Å². The fraction of sp³-hybridized carbons (Fsp3) is 0.286. The van der Waals surface area contributed by atoms with Crippen LogP contribution in [0.15, 0.2) is 34.8 Å². The Morgan fingerprint density at radius 2 is 2.06 bits per heavy atom. The summed E-state index contributed by atoms with van der Waals surface area (Å²) in [6.07, 6.45) is 0.683. The lowest BCUT2D eigenvalue weighted by atomic mass is 9.99. The van der Waals surface area contributed by atoms with E-state index in [0.29, 0.717) is 5.92 Å². The van der Waals surface area contributed by atoms with Crippen molar-refractivity contribution in [2.75, 3.05) is 0 Å². The molecule has 0 aliphatic heterocycles. The normalized spacial score (nSPS) is 23.7. The van der Waals surface area contributed by atoms with Crippen LogP contribution < -0.4 is 0 Å². The van der Waals surface area contributed by atoms with Crippen LogP contribution >= 0.6 is 15.9 Å². The Kier molecular flexibility index (Phi) is 2.30. The minimum Gasteiger partial charge on any atom is -0.388 e. The Bertz CT molecular complexity index is 562. The van der Waals surface area contributed by atoms with Crippen LogP contribution in [0.2, 0.25) is 0 Å². The lowest BCUT2D eigenvalue weighted by Crippen LogP contribution is -2.01. The first kappa shape index (κ1) is 10.3. The second-order valence-electron chi connectivity index (χ2n) is 4.63. The van der Waals surface area contributed by atoms with E-state index in [-0.39, 0.29) is 6.10 Å². The van der Waals surface area contributed by atoms with Crippen molar-refractivity contribution in [1.29, 1.82) is 0 Å². The summed E-state index contributed by atoms with van der Waals surface area (Å²) in [6.45, 7) is 2.11. The third kappa shape index (κ3) is 1.40. The standard InChI is InChI=1S/C14H13BrO/c1-8-6-10-3-2-9-7-11(15)4-5-12(9)13(10)14(8)16/h2-5,7-8,14,16H,6H2,1H3/t8-,14-/m0/s1. The van der Waals surface area contributed by atoms with Crippen LogP contribution in [0.1, 0.15) is 24.2 Å². The average Bonchev–Trinajstić information content (AvgIpc) is 2.55. The van der Waals surface area contributed by atoms with Gasteiger partial charge in [-0.2, -0.15) is 0 Å². The summed E-state index contributed by atoms with van der Waals surface area (Å²) in [6, 6.07) is 10.5. The van der Waals surface area contributed by atoms with Crippen LogP contribution in [0, 0.1) is 5.92 Å². The topological polar surface area (TPSA) is 20.2 Å². The van der Waals surface area contributed by atoms with Gasteiger partial charge >= 0.3 is 0 Å². The third-order valence-corrected chi connectivity index (χ3v) is 3.98. The number of aliphatic hydroxyl groups is 1. The molecule has 1 N–H and O–H groups in total. The van der Waals surface area contributed by atoms with Crippen molar-refractivity contribution in [1.82, 2.24) is 0 Å². The van der Waals surface area contributed by atoms with Crippen LogP contribution in [0.4, 0.5) is 0 Å². The average molecular weight is 277 g/mol. The minimum absolute atomic E-state index is 0.306. The first-order valence-corrected chi connectivity index (χ1v) is 6.35. The highest BCUT2D eigenvalue weighted by Crippen LogP contribution is 2.40. The van der Waals surface area contributed by atoms with Gasteiger partial charge in [0.1, 0.15) is 0 Å². The number of aliphatic hydroxyl groups excluding tert-OH is 1. The molecule has 2 atom stereocenters. The maximum Gasteiger partial charge on any atom is 0.0827 e. The highest BCUT2D eigenvalue weighted by Gasteiger charge is 2.28. The van der Waals surface area contributed by atoms with Gasteiger partial charge in [-0.25, -0.2) is 0 Å². The summed E-state index contributed by atoms with van der Waals surface area (Å²) < 4.78 is 1.08. The molecule has 0 amide bonds. The molecular weight excluding hydrogens is 264 g/mol. The van der Waals surface area contributed by atoms with Gasteiger partial charge in [-0.3, -0.25) is 0 Å². The summed E-state index contributed by atoms with van der Waals surface area (Å²) in [5, 5.41) is 12.6. The summed E-state index contributed by atoms with van der Waals surface area (Å²) in [5.74, 6) is 0.337.